The molecule has 0 spiro atoms. The van der Waals surface area contributed by atoms with Crippen LogP contribution in [0.4, 0.5) is 5.69 Å². The molecule has 0 aliphatic carbocycles. The van der Waals surface area contributed by atoms with Crippen LogP contribution in [0.15, 0.2) is 52.7 Å². The number of hydrogen-bond donors (Lipinski definition) is 0. The second kappa shape index (κ2) is 2.67. The lowest BCUT2D eigenvalue weighted by Crippen LogP contribution is -2.00. The maximum Gasteiger partial charge on any atom is 0.0957 e. The van der Waals surface area contributed by atoms with Gasteiger partial charge in [-0.05, 0) is 27.6 Å². The maximum absolute atomic E-state index is 4.14. The van der Waals surface area contributed by atoms with E-state index in [0.29, 0.717) is 0 Å². The summed E-state index contributed by atoms with van der Waals surface area (Å²) in [6.45, 7) is 0. The van der Waals surface area contributed by atoms with Crippen molar-refractivity contribution >= 4 is 33.4 Å². The molecule has 0 radical (unpaired) electrons. The molecule has 74 valence electrons. The second-order valence-electron chi connectivity index (χ2n) is 4.04. The lowest BCUT2D eigenvalue weighted by Gasteiger charge is -2.05. The smallest absolute Gasteiger partial charge is 0.0957 e. The van der Waals surface area contributed by atoms with Gasteiger partial charge in [-0.2, -0.15) is 10.2 Å². The molecule has 0 aromatic heterocycles. The van der Waals surface area contributed by atoms with Crippen LogP contribution in [-0.4, -0.2) is 0 Å². The summed E-state index contributed by atoms with van der Waals surface area (Å²) in [7, 11) is 0. The van der Waals surface area contributed by atoms with Crippen molar-refractivity contribution in [3.63, 3.8) is 0 Å². The minimum absolute atomic E-state index is 0.978. The summed E-state index contributed by atoms with van der Waals surface area (Å²) in [5, 5.41) is 14.3. The van der Waals surface area contributed by atoms with Crippen molar-refractivity contribution in [2.45, 2.75) is 0 Å². The fraction of sp³-hybridized carbons (Fsp3) is 0. The fourth-order valence-electron chi connectivity index (χ4n) is 2.44. The maximum atomic E-state index is 4.14. The van der Waals surface area contributed by atoms with Gasteiger partial charge in [0.15, 0.2) is 0 Å². The van der Waals surface area contributed by atoms with Crippen LogP contribution in [-0.2, 0) is 0 Å². The molecule has 1 aliphatic heterocycles. The SMILES string of the molecule is C1=c2c(cc3cccc4cccc2c43)N=N1. The van der Waals surface area contributed by atoms with E-state index in [1.54, 1.807) is 0 Å². The summed E-state index contributed by atoms with van der Waals surface area (Å²) in [6.07, 6.45) is 1.84. The topological polar surface area (TPSA) is 24.7 Å². The predicted octanol–water partition coefficient (Wildman–Crippen LogP) is 3.55. The van der Waals surface area contributed by atoms with E-state index in [-0.39, 0.29) is 0 Å². The van der Waals surface area contributed by atoms with Crippen molar-refractivity contribution in [1.82, 2.24) is 0 Å². The minimum atomic E-state index is 0.978. The van der Waals surface area contributed by atoms with Gasteiger partial charge in [-0.3, -0.25) is 0 Å². The molecule has 0 atom stereocenters. The normalized spacial score (nSPS) is 13.2. The van der Waals surface area contributed by atoms with E-state index in [2.05, 4.69) is 52.7 Å². The van der Waals surface area contributed by atoms with Gasteiger partial charge < -0.3 is 0 Å². The summed E-state index contributed by atoms with van der Waals surface area (Å²) in [5.74, 6) is 0. The van der Waals surface area contributed by atoms with Gasteiger partial charge in [0.2, 0.25) is 0 Å². The highest BCUT2D eigenvalue weighted by Gasteiger charge is 2.08. The zero-order chi connectivity index (χ0) is 10.5. The third-order valence-corrected chi connectivity index (χ3v) is 3.15. The summed E-state index contributed by atoms with van der Waals surface area (Å²) < 4.78 is 0. The molecule has 0 saturated carbocycles. The quantitative estimate of drug-likeness (QED) is 0.535. The van der Waals surface area contributed by atoms with Crippen LogP contribution in [0.3, 0.4) is 0 Å². The number of fused-ring (bicyclic) bond motifs is 2. The Morgan fingerprint density at radius 1 is 0.875 bits per heavy atom. The van der Waals surface area contributed by atoms with E-state index in [9.17, 15) is 0 Å². The molecule has 0 saturated heterocycles. The largest absolute Gasteiger partial charge is 0.158 e. The van der Waals surface area contributed by atoms with Crippen LogP contribution < -0.4 is 5.22 Å². The molecule has 3 aromatic carbocycles. The average Bonchev–Trinajstić information content (AvgIpc) is 2.78. The van der Waals surface area contributed by atoms with Crippen LogP contribution >= 0.6 is 0 Å². The van der Waals surface area contributed by atoms with Crippen LogP contribution in [0.5, 0.6) is 0 Å². The lowest BCUT2D eigenvalue weighted by molar-refractivity contribution is 1.33. The molecule has 1 aliphatic rings. The van der Waals surface area contributed by atoms with Crippen molar-refractivity contribution in [2.24, 2.45) is 10.2 Å². The van der Waals surface area contributed by atoms with E-state index in [1.165, 1.54) is 21.5 Å². The van der Waals surface area contributed by atoms with Gasteiger partial charge in [-0.15, -0.1) is 0 Å². The molecule has 1 heterocycles. The molecule has 3 aromatic rings. The summed E-state index contributed by atoms with van der Waals surface area (Å²) in [4.78, 5) is 0. The molecule has 0 bridgehead atoms. The first-order valence-corrected chi connectivity index (χ1v) is 5.29. The molecular weight excluding hydrogens is 196 g/mol. The van der Waals surface area contributed by atoms with Crippen LogP contribution in [0, 0.1) is 0 Å². The molecule has 4 rings (SSSR count). The standard InChI is InChI=1S/C14H8N2/c1-3-9-4-2-6-11-12-8-15-16-13(12)7-10(5-1)14(9)11/h1-8H. The van der Waals surface area contributed by atoms with Gasteiger partial charge in [-0.25, -0.2) is 0 Å². The van der Waals surface area contributed by atoms with E-state index in [1.807, 2.05) is 6.20 Å². The van der Waals surface area contributed by atoms with Crippen molar-refractivity contribution in [1.29, 1.82) is 0 Å². The van der Waals surface area contributed by atoms with Gasteiger partial charge in [0.25, 0.3) is 0 Å². The predicted molar refractivity (Wildman–Crippen MR) is 65.7 cm³/mol. The zero-order valence-electron chi connectivity index (χ0n) is 8.51. The Labute approximate surface area is 91.9 Å². The fourth-order valence-corrected chi connectivity index (χ4v) is 2.44. The van der Waals surface area contributed by atoms with Crippen LogP contribution in [0.1, 0.15) is 0 Å². The molecule has 0 unspecified atom stereocenters. The van der Waals surface area contributed by atoms with Crippen molar-refractivity contribution in [3.8, 4) is 0 Å². The van der Waals surface area contributed by atoms with E-state index in [0.717, 1.165) is 10.9 Å². The highest BCUT2D eigenvalue weighted by Crippen LogP contribution is 2.28. The molecule has 16 heavy (non-hydrogen) atoms. The van der Waals surface area contributed by atoms with Gasteiger partial charge in [-0.1, -0.05) is 36.4 Å². The van der Waals surface area contributed by atoms with E-state index in [4.69, 9.17) is 0 Å². The first kappa shape index (κ1) is 7.99. The Kier molecular flexibility index (Phi) is 1.33. The van der Waals surface area contributed by atoms with Crippen LogP contribution in [0.2, 0.25) is 0 Å². The Morgan fingerprint density at radius 3 is 2.62 bits per heavy atom. The van der Waals surface area contributed by atoms with E-state index < -0.39 is 0 Å². The molecule has 0 fully saturated rings. The Balaban J connectivity index is 2.44. The number of azo groups is 1. The Hall–Kier alpha value is -2.22. The highest BCUT2D eigenvalue weighted by atomic mass is 15.1. The number of hydrogen-bond acceptors (Lipinski definition) is 2. The molecular formula is C14H8N2. The zero-order valence-corrected chi connectivity index (χ0v) is 8.51. The van der Waals surface area contributed by atoms with Crippen molar-refractivity contribution in [2.75, 3.05) is 0 Å². The Morgan fingerprint density at radius 2 is 1.69 bits per heavy atom. The van der Waals surface area contributed by atoms with Crippen LogP contribution in [0.25, 0.3) is 27.7 Å². The van der Waals surface area contributed by atoms with Gasteiger partial charge in [0, 0.05) is 5.22 Å². The van der Waals surface area contributed by atoms with Gasteiger partial charge in [0.05, 0.1) is 11.9 Å². The summed E-state index contributed by atoms with van der Waals surface area (Å²) >= 11 is 0. The molecule has 2 nitrogen and oxygen atoms in total. The first-order chi connectivity index (χ1) is 7.93. The minimum Gasteiger partial charge on any atom is -0.158 e. The van der Waals surface area contributed by atoms with Gasteiger partial charge >= 0.3 is 0 Å². The number of rotatable bonds is 0. The van der Waals surface area contributed by atoms with Gasteiger partial charge in [0.1, 0.15) is 0 Å². The third-order valence-electron chi connectivity index (χ3n) is 3.15. The second-order valence-corrected chi connectivity index (χ2v) is 4.04. The number of nitrogens with zero attached hydrogens (tertiary/aromatic N) is 2. The molecule has 0 N–H and O–H groups in total. The lowest BCUT2D eigenvalue weighted by atomic mass is 9.98. The summed E-state index contributed by atoms with van der Waals surface area (Å²) in [6, 6.07) is 14.8. The van der Waals surface area contributed by atoms with E-state index >= 15 is 0 Å². The van der Waals surface area contributed by atoms with Crippen molar-refractivity contribution in [3.05, 3.63) is 47.7 Å². The highest BCUT2D eigenvalue weighted by molar-refractivity contribution is 6.11. The third kappa shape index (κ3) is 0.865. The molecule has 2 heteroatoms. The number of benzene rings is 3. The van der Waals surface area contributed by atoms with Crippen molar-refractivity contribution < 1.29 is 0 Å². The summed E-state index contributed by atoms with van der Waals surface area (Å²) in [5.41, 5.74) is 0.978. The first-order valence-electron chi connectivity index (χ1n) is 5.29. The molecule has 0 amide bonds. The average molecular weight is 204 g/mol. The monoisotopic (exact) mass is 204 g/mol. The Bertz CT molecular complexity index is 795.